The van der Waals surface area contributed by atoms with Crippen LogP contribution in [0.25, 0.3) is 72.7 Å². The molecule has 8 aromatic rings. The van der Waals surface area contributed by atoms with E-state index in [-0.39, 0.29) is 32.2 Å². The van der Waals surface area contributed by atoms with E-state index < -0.39 is 12.7 Å². The van der Waals surface area contributed by atoms with Crippen molar-refractivity contribution < 1.29 is 31.7 Å². The third-order valence-corrected chi connectivity index (χ3v) is 10.0. The molecule has 0 bridgehead atoms. The van der Waals surface area contributed by atoms with Crippen LogP contribution in [0.5, 0.6) is 5.75 Å². The fourth-order valence-electron chi connectivity index (χ4n) is 7.00. The van der Waals surface area contributed by atoms with Crippen LogP contribution in [0.1, 0.15) is 62.7 Å². The second kappa shape index (κ2) is 15.3. The molecule has 4 nitrogen and oxygen atoms in total. The molecule has 2 aromatic heterocycles. The Morgan fingerprint density at radius 2 is 1.44 bits per heavy atom. The number of aryl methyl sites for hydroxylation is 1. The van der Waals surface area contributed by atoms with Gasteiger partial charge in [-0.1, -0.05) is 142 Å². The number of fused-ring (bicyclic) bond motifs is 1. The van der Waals surface area contributed by atoms with Gasteiger partial charge in [-0.25, -0.2) is 4.98 Å². The summed E-state index contributed by atoms with van der Waals surface area (Å²) in [6.07, 6.45) is 1.78. The van der Waals surface area contributed by atoms with Crippen molar-refractivity contribution in [2.24, 2.45) is 0 Å². The van der Waals surface area contributed by atoms with Gasteiger partial charge in [-0.05, 0) is 76.8 Å². The summed E-state index contributed by atoms with van der Waals surface area (Å²) in [5.74, 6) is -0.119. The molecule has 2 heterocycles. The van der Waals surface area contributed by atoms with Gasteiger partial charge in [-0.15, -0.1) is 29.3 Å². The third-order valence-electron chi connectivity index (χ3n) is 10.0. The Morgan fingerprint density at radius 3 is 2.16 bits per heavy atom. The molecule has 8 rings (SSSR count). The van der Waals surface area contributed by atoms with Gasteiger partial charge in [0.15, 0.2) is 0 Å². The van der Waals surface area contributed by atoms with Crippen LogP contribution in [0.15, 0.2) is 146 Å². The standard InChI is InChI=1S/C50H44N3O.Pt/c1-32(2)36-23-24-45(43(30-36)35-13-8-7-9-14-35)53-46-17-12-16-41(48(46)52-49(53)42-15-10-11-18-47(42)54)38-27-39(29-40(28-38)50(4,5)6)44-31-37(25-26-51-44)34-21-19-33(3)20-22-34;/h7-26,28-32,54H,1-6H3;/q-1;/i3D3,32D;. The summed E-state index contributed by atoms with van der Waals surface area (Å²) in [5, 5.41) is 11.3. The van der Waals surface area contributed by atoms with Gasteiger partial charge in [0.05, 0.1) is 22.3 Å². The molecule has 0 fully saturated rings. The van der Waals surface area contributed by atoms with Crippen LogP contribution in [0, 0.1) is 12.9 Å². The maximum atomic E-state index is 11.3. The van der Waals surface area contributed by atoms with Gasteiger partial charge >= 0.3 is 0 Å². The maximum Gasteiger partial charge on any atom is 0.148 e. The molecule has 0 aliphatic carbocycles. The van der Waals surface area contributed by atoms with Crippen molar-refractivity contribution in [3.8, 4) is 67.5 Å². The van der Waals surface area contributed by atoms with E-state index in [0.29, 0.717) is 17.0 Å². The molecule has 0 aliphatic heterocycles. The number of aromatic hydroxyl groups is 1. The zero-order chi connectivity index (χ0) is 41.0. The molecule has 6 aromatic carbocycles. The number of nitrogens with zero attached hydrogens (tertiary/aromatic N) is 3. The number of para-hydroxylation sites is 2. The largest absolute Gasteiger partial charge is 0.507 e. The third kappa shape index (κ3) is 7.44. The Hall–Kier alpha value is -5.57. The molecule has 0 radical (unpaired) electrons. The summed E-state index contributed by atoms with van der Waals surface area (Å²) in [6.45, 7) is 8.17. The quantitative estimate of drug-likeness (QED) is 0.162. The Morgan fingerprint density at radius 1 is 0.709 bits per heavy atom. The minimum absolute atomic E-state index is 0. The van der Waals surface area contributed by atoms with E-state index >= 15 is 0 Å². The van der Waals surface area contributed by atoms with Crippen molar-refractivity contribution >= 4 is 11.0 Å². The predicted octanol–water partition coefficient (Wildman–Crippen LogP) is 13.0. The summed E-state index contributed by atoms with van der Waals surface area (Å²) >= 11 is 0. The van der Waals surface area contributed by atoms with E-state index in [2.05, 4.69) is 79.9 Å². The van der Waals surface area contributed by atoms with Crippen molar-refractivity contribution in [2.45, 2.75) is 52.8 Å². The summed E-state index contributed by atoms with van der Waals surface area (Å²) in [6, 6.07) is 48.7. The zero-order valence-electron chi connectivity index (χ0n) is 35.5. The average molecular weight is 902 g/mol. The molecule has 0 unspecified atom stereocenters. The number of pyridine rings is 1. The number of benzene rings is 6. The molecule has 0 saturated carbocycles. The fraction of sp³-hybridized carbons (Fsp3) is 0.160. The number of phenolic OH excluding ortho intramolecular Hbond substituents is 1. The van der Waals surface area contributed by atoms with Crippen molar-refractivity contribution in [1.82, 2.24) is 14.5 Å². The second-order valence-corrected chi connectivity index (χ2v) is 15.0. The van der Waals surface area contributed by atoms with Crippen molar-refractivity contribution in [2.75, 3.05) is 0 Å². The van der Waals surface area contributed by atoms with Crippen LogP contribution < -0.4 is 0 Å². The smallest absolute Gasteiger partial charge is 0.148 e. The Balaban J connectivity index is 0.00000528. The van der Waals surface area contributed by atoms with Crippen molar-refractivity contribution in [3.63, 3.8) is 0 Å². The maximum absolute atomic E-state index is 11.3. The van der Waals surface area contributed by atoms with Gasteiger partial charge in [0.25, 0.3) is 0 Å². The van der Waals surface area contributed by atoms with Gasteiger partial charge in [0, 0.05) is 44.0 Å². The number of imidazole rings is 1. The molecular formula is C50H44N3OPt-. The molecule has 55 heavy (non-hydrogen) atoms. The number of aromatic nitrogens is 3. The van der Waals surface area contributed by atoms with E-state index in [1.54, 1.807) is 24.4 Å². The number of hydrogen-bond acceptors (Lipinski definition) is 3. The molecule has 0 atom stereocenters. The fourth-order valence-corrected chi connectivity index (χ4v) is 7.00. The van der Waals surface area contributed by atoms with Crippen LogP contribution >= 0.6 is 0 Å². The molecule has 5 heteroatoms. The predicted molar refractivity (Wildman–Crippen MR) is 224 cm³/mol. The zero-order valence-corrected chi connectivity index (χ0v) is 33.7. The van der Waals surface area contributed by atoms with Crippen LogP contribution in [-0.4, -0.2) is 19.6 Å². The summed E-state index contributed by atoms with van der Waals surface area (Å²) in [7, 11) is 0. The number of hydrogen-bond donors (Lipinski definition) is 1. The summed E-state index contributed by atoms with van der Waals surface area (Å²) in [4.78, 5) is 10.2. The first-order valence-electron chi connectivity index (χ1n) is 20.2. The molecule has 0 aliphatic rings. The normalized spacial score (nSPS) is 13.0. The Labute approximate surface area is 344 Å². The molecular weight excluding hydrogens is 854 g/mol. The molecule has 0 saturated heterocycles. The van der Waals surface area contributed by atoms with Gasteiger partial charge in [0.2, 0.25) is 0 Å². The average Bonchev–Trinajstić information content (AvgIpc) is 3.59. The molecule has 0 amide bonds. The summed E-state index contributed by atoms with van der Waals surface area (Å²) < 4.78 is 34.4. The van der Waals surface area contributed by atoms with E-state index in [1.165, 1.54) is 0 Å². The van der Waals surface area contributed by atoms with E-state index in [9.17, 15) is 5.11 Å². The molecule has 0 spiro atoms. The first-order valence-corrected chi connectivity index (χ1v) is 18.2. The first-order chi connectivity index (χ1) is 27.6. The monoisotopic (exact) mass is 901 g/mol. The minimum atomic E-state index is -2.17. The van der Waals surface area contributed by atoms with E-state index in [0.717, 1.165) is 72.5 Å². The molecule has 276 valence electrons. The van der Waals surface area contributed by atoms with Crippen molar-refractivity contribution in [1.29, 1.82) is 0 Å². The van der Waals surface area contributed by atoms with E-state index in [1.807, 2.05) is 86.6 Å². The topological polar surface area (TPSA) is 50.9 Å². The van der Waals surface area contributed by atoms with Gasteiger partial charge < -0.3 is 5.11 Å². The first kappa shape index (κ1) is 32.8. The Bertz CT molecular complexity index is 2800. The van der Waals surface area contributed by atoms with Crippen LogP contribution in [-0.2, 0) is 26.5 Å². The SMILES string of the molecule is [2H]C([2H])([2H])c1ccc(-c2ccnc(-c3[c-]c(-c4cccc5c4nc(-c4ccccc4O)n5-c4ccc(C([2H])(C)C)cc4-c4ccccc4)cc(C(C)(C)C)c3)c2)cc1.[Pt]. The van der Waals surface area contributed by atoms with Gasteiger partial charge in [-0.3, -0.25) is 9.55 Å². The van der Waals surface area contributed by atoms with Gasteiger partial charge in [0.1, 0.15) is 11.6 Å². The Kier molecular flexibility index (Phi) is 9.12. The van der Waals surface area contributed by atoms with Gasteiger partial charge in [-0.2, -0.15) is 0 Å². The number of phenols is 1. The van der Waals surface area contributed by atoms with Crippen LogP contribution in [0.4, 0.5) is 0 Å². The number of rotatable bonds is 7. The minimum Gasteiger partial charge on any atom is -0.507 e. The van der Waals surface area contributed by atoms with Crippen molar-refractivity contribution in [3.05, 3.63) is 168 Å². The van der Waals surface area contributed by atoms with Crippen LogP contribution in [0.2, 0.25) is 0 Å². The van der Waals surface area contributed by atoms with Crippen LogP contribution in [0.3, 0.4) is 0 Å². The second-order valence-electron chi connectivity index (χ2n) is 15.0. The summed E-state index contributed by atoms with van der Waals surface area (Å²) in [5.41, 5.74) is 12.2. The molecule has 1 N–H and O–H groups in total. The van der Waals surface area contributed by atoms with E-state index in [4.69, 9.17) is 15.5 Å².